The lowest BCUT2D eigenvalue weighted by Crippen LogP contribution is -2.37. The van der Waals surface area contributed by atoms with Crippen molar-refractivity contribution in [3.8, 4) is 0 Å². The van der Waals surface area contributed by atoms with Crippen LogP contribution in [0.5, 0.6) is 0 Å². The maximum Gasteiger partial charge on any atom is 0.224 e. The van der Waals surface area contributed by atoms with Gasteiger partial charge in [0.25, 0.3) is 0 Å². The summed E-state index contributed by atoms with van der Waals surface area (Å²) in [4.78, 5) is 88.3. The van der Waals surface area contributed by atoms with Crippen LogP contribution in [0.2, 0.25) is 0 Å². The smallest absolute Gasteiger partial charge is 0.224 e. The number of rotatable bonds is 26. The maximum absolute atomic E-state index is 13.9. The molecule has 92 heavy (non-hydrogen) atoms. The van der Waals surface area contributed by atoms with E-state index in [9.17, 15) is 28.8 Å². The molecule has 0 saturated heterocycles. The van der Waals surface area contributed by atoms with Crippen LogP contribution in [-0.4, -0.2) is 74.2 Å². The van der Waals surface area contributed by atoms with Gasteiger partial charge in [0, 0.05) is 147 Å². The Morgan fingerprint density at radius 3 is 1.51 bits per heavy atom. The van der Waals surface area contributed by atoms with Crippen LogP contribution in [0.4, 0.5) is 22.7 Å². The third kappa shape index (κ3) is 20.7. The topological polar surface area (TPSA) is 203 Å². The molecule has 8 bridgehead atoms. The third-order valence-corrected chi connectivity index (χ3v) is 18.0. The summed E-state index contributed by atoms with van der Waals surface area (Å²) >= 11 is 2.56. The van der Waals surface area contributed by atoms with E-state index in [2.05, 4.69) is 99.3 Å². The molecule has 0 spiro atoms. The standard InChI is InChI=1S/C70H82N8O6S2.6CH4/c1-5-7-9-31-63(81)75-51-27-15-11-23-47(51)67-55-35-36-56(71-55)68(48-24-12-16-28-52(48)76-64(82)32-10-8-6-2)58-38-40-60(73-58)70(50-26-14-18-30-54(50)78-66(84)34-20-22-44-86-46(4)80)62-42-41-61(74-62)69(59-39-37-57(67)72-59)49-25-13-17-29-53(49)77-65(83)33-19-21-43-85-45(3)79;;;;;;/h11-18,23-30,35-37,39,41,57,60,62,70-72,74H,5-10,19-22,31-34,38,40,42-44H2,1-4H3,(H,75,81)(H,76,82)(H,77,83)(H,78,84);6*1H4/b67-55-,68-56-,69-59-;;;;;;/t57?,60-,62?,70+;;;;;;/m0....../s1. The zero-order valence-electron chi connectivity index (χ0n) is 50.1. The van der Waals surface area contributed by atoms with E-state index in [0.717, 1.165) is 124 Å². The molecule has 4 aromatic carbocycles. The molecule has 9 rings (SSSR count). The first-order valence-electron chi connectivity index (χ1n) is 30.9. The van der Waals surface area contributed by atoms with Gasteiger partial charge in [0.2, 0.25) is 23.6 Å². The van der Waals surface area contributed by atoms with Gasteiger partial charge in [0.15, 0.2) is 10.2 Å². The largest absolute Gasteiger partial charge is 0.381 e. The molecule has 1 aromatic heterocycles. The number of anilines is 4. The summed E-state index contributed by atoms with van der Waals surface area (Å²) in [6, 6.07) is 35.2. The van der Waals surface area contributed by atoms with E-state index >= 15 is 0 Å². The van der Waals surface area contributed by atoms with Crippen molar-refractivity contribution in [3.05, 3.63) is 172 Å². The number of nitrogens with zero attached hydrogens (tertiary/aromatic N) is 1. The number of thioether (sulfide) groups is 2. The molecule has 0 radical (unpaired) electrons. The van der Waals surface area contributed by atoms with Crippen LogP contribution < -0.4 is 42.6 Å². The van der Waals surface area contributed by atoms with Gasteiger partial charge in [-0.3, -0.25) is 33.8 Å². The summed E-state index contributed by atoms with van der Waals surface area (Å²) < 4.78 is 0. The second-order valence-corrected chi connectivity index (χ2v) is 25.1. The molecule has 5 heterocycles. The number of carbonyl (C=O) groups excluding carboxylic acids is 6. The molecule has 4 aliphatic heterocycles. The molecular weight excluding hydrogens is 1190 g/mol. The summed E-state index contributed by atoms with van der Waals surface area (Å²) in [5.41, 5.74) is 11.4. The molecule has 498 valence electrons. The lowest BCUT2D eigenvalue weighted by Gasteiger charge is -2.31. The second kappa shape index (κ2) is 39.0. The first-order valence-corrected chi connectivity index (χ1v) is 32.9. The van der Waals surface area contributed by atoms with Crippen LogP contribution in [0.15, 0.2) is 144 Å². The molecule has 4 atom stereocenters. The van der Waals surface area contributed by atoms with Crippen molar-refractivity contribution in [3.63, 3.8) is 0 Å². The van der Waals surface area contributed by atoms with Gasteiger partial charge in [-0.05, 0) is 106 Å². The van der Waals surface area contributed by atoms with Gasteiger partial charge in [-0.2, -0.15) is 0 Å². The Bertz CT molecular complexity index is 3560. The van der Waals surface area contributed by atoms with Crippen LogP contribution in [0.3, 0.4) is 0 Å². The Kier molecular flexibility index (Phi) is 33.3. The Morgan fingerprint density at radius 1 is 0.522 bits per heavy atom. The summed E-state index contributed by atoms with van der Waals surface area (Å²) in [6.45, 7) is 7.38. The normalized spacial score (nSPS) is 18.6. The number of benzene rings is 4. The minimum absolute atomic E-state index is 0. The van der Waals surface area contributed by atoms with Gasteiger partial charge >= 0.3 is 0 Å². The number of nitrogens with one attached hydrogen (secondary N) is 7. The van der Waals surface area contributed by atoms with Gasteiger partial charge in [-0.25, -0.2) is 0 Å². The number of aromatic nitrogens is 1. The molecule has 0 saturated carbocycles. The predicted octanol–water partition coefficient (Wildman–Crippen LogP) is 16.6. The van der Waals surface area contributed by atoms with E-state index in [0.29, 0.717) is 86.4 Å². The van der Waals surface area contributed by atoms with Crippen molar-refractivity contribution in [1.82, 2.24) is 15.6 Å². The molecular formula is C76H106N8O6S2. The van der Waals surface area contributed by atoms with Crippen LogP contribution >= 0.6 is 23.5 Å². The van der Waals surface area contributed by atoms with E-state index in [1.165, 1.54) is 23.5 Å². The molecule has 16 heteroatoms. The van der Waals surface area contributed by atoms with Gasteiger partial charge in [0.05, 0.1) is 12.1 Å². The zero-order chi connectivity index (χ0) is 60.4. The molecule has 7 N–H and O–H groups in total. The number of hydrogen-bond acceptors (Lipinski definition) is 11. The Hall–Kier alpha value is -7.69. The summed E-state index contributed by atoms with van der Waals surface area (Å²) in [6.07, 6.45) is 18.1. The number of para-hydroxylation sites is 4. The third-order valence-electron chi connectivity index (χ3n) is 16.2. The van der Waals surface area contributed by atoms with E-state index in [-0.39, 0.29) is 96.4 Å². The van der Waals surface area contributed by atoms with Gasteiger partial charge in [-0.15, -0.1) is 0 Å². The summed E-state index contributed by atoms with van der Waals surface area (Å²) in [5.74, 6) is 0.754. The first-order chi connectivity index (χ1) is 41.9. The number of carbonyl (C=O) groups is 6. The summed E-state index contributed by atoms with van der Waals surface area (Å²) in [5, 5.41) is 23.0. The number of aliphatic imine (C=N–C) groups is 1. The van der Waals surface area contributed by atoms with Crippen molar-refractivity contribution in [1.29, 1.82) is 0 Å². The highest BCUT2D eigenvalue weighted by Gasteiger charge is 2.40. The Morgan fingerprint density at radius 2 is 0.978 bits per heavy atom. The molecule has 2 unspecified atom stereocenters. The quantitative estimate of drug-likeness (QED) is 0.0261. The van der Waals surface area contributed by atoms with Crippen LogP contribution in [0.1, 0.15) is 210 Å². The minimum atomic E-state index is -0.438. The molecule has 4 aliphatic rings. The van der Waals surface area contributed by atoms with Crippen molar-refractivity contribution in [2.75, 3.05) is 32.8 Å². The fourth-order valence-corrected chi connectivity index (χ4v) is 13.3. The number of aromatic amines is 1. The molecule has 5 aromatic rings. The van der Waals surface area contributed by atoms with Crippen LogP contribution in [0.25, 0.3) is 16.7 Å². The molecule has 0 aliphatic carbocycles. The highest BCUT2D eigenvalue weighted by atomic mass is 32.2. The Balaban J connectivity index is 0.00000368. The highest BCUT2D eigenvalue weighted by molar-refractivity contribution is 8.13. The highest BCUT2D eigenvalue weighted by Crippen LogP contribution is 2.44. The van der Waals surface area contributed by atoms with E-state index < -0.39 is 6.04 Å². The fraction of sp³-hybridized carbons (Fsp3) is 0.434. The lowest BCUT2D eigenvalue weighted by molar-refractivity contribution is -0.117. The Labute approximate surface area is 558 Å². The van der Waals surface area contributed by atoms with Crippen molar-refractivity contribution in [2.24, 2.45) is 4.99 Å². The van der Waals surface area contributed by atoms with Gasteiger partial charge in [-0.1, -0.05) is 193 Å². The molecule has 0 fully saturated rings. The predicted molar refractivity (Wildman–Crippen MR) is 394 cm³/mol. The van der Waals surface area contributed by atoms with Gasteiger partial charge < -0.3 is 36.9 Å². The monoisotopic (exact) mass is 1290 g/mol. The van der Waals surface area contributed by atoms with Crippen molar-refractivity contribution < 1.29 is 28.8 Å². The number of amides is 4. The van der Waals surface area contributed by atoms with Crippen molar-refractivity contribution in [2.45, 2.75) is 205 Å². The lowest BCUT2D eigenvalue weighted by atomic mass is 9.82. The number of H-pyrrole nitrogens is 1. The number of unbranched alkanes of at least 4 members (excludes halogenated alkanes) is 6. The first kappa shape index (κ1) is 78.6. The van der Waals surface area contributed by atoms with E-state index in [1.54, 1.807) is 13.8 Å². The maximum atomic E-state index is 13.9. The van der Waals surface area contributed by atoms with Crippen LogP contribution in [-0.2, 0) is 28.8 Å². The zero-order valence-corrected chi connectivity index (χ0v) is 51.7. The average molecular weight is 1290 g/mol. The fourth-order valence-electron chi connectivity index (χ4n) is 12.1. The van der Waals surface area contributed by atoms with E-state index in [1.807, 2.05) is 78.9 Å². The number of hydrogen-bond donors (Lipinski definition) is 7. The minimum Gasteiger partial charge on any atom is -0.381 e. The van der Waals surface area contributed by atoms with Crippen LogP contribution in [0, 0.1) is 0 Å². The SMILES string of the molecule is C.C.C.C.C.C.CCCCCC(=O)Nc1ccccc1/C1=c2\cc/c([nH]2)=C(\c2ccccc2NC(=O)CCCCC)C2C=C/C(=C(\c3ccccc3NC(=O)CCCCSC(C)=O)C3=CCC(N3)[C@H](c3ccccc3NC(=O)CCCCSC(C)=O)[C@@H]3CCC1=N3)N2. The average Bonchev–Trinajstić information content (AvgIpc) is 1.59. The van der Waals surface area contributed by atoms with E-state index in [4.69, 9.17) is 4.99 Å². The molecule has 4 amide bonds. The second-order valence-electron chi connectivity index (χ2n) is 22.6. The molecule has 14 nitrogen and oxygen atoms in total. The summed E-state index contributed by atoms with van der Waals surface area (Å²) in [7, 11) is 0. The number of allylic oxidation sites excluding steroid dienone is 2. The number of fused-ring (bicyclic) bond motifs is 7. The van der Waals surface area contributed by atoms with Gasteiger partial charge in [0.1, 0.15) is 0 Å². The van der Waals surface area contributed by atoms with Crippen molar-refractivity contribution >= 4 is 103 Å².